The van der Waals surface area contributed by atoms with Crippen molar-refractivity contribution in [2.24, 2.45) is 0 Å². The molecule has 4 rings (SSSR count). The van der Waals surface area contributed by atoms with Crippen molar-refractivity contribution in [1.29, 1.82) is 3.56 Å². The van der Waals surface area contributed by atoms with E-state index in [4.69, 9.17) is 3.56 Å². The van der Waals surface area contributed by atoms with Gasteiger partial charge in [0.05, 0.1) is 11.3 Å². The van der Waals surface area contributed by atoms with Crippen molar-refractivity contribution in [3.05, 3.63) is 107 Å². The van der Waals surface area contributed by atoms with Gasteiger partial charge in [0.15, 0.2) is 5.69 Å². The Morgan fingerprint density at radius 3 is 2.22 bits per heavy atom. The average Bonchev–Trinajstić information content (AvgIpc) is 3.36. The average molecular weight is 764 g/mol. The third-order valence-electron chi connectivity index (χ3n) is 6.78. The van der Waals surface area contributed by atoms with Crippen LogP contribution in [0.15, 0.2) is 78.9 Å². The maximum atomic E-state index is 14.5. The second-order valence-electron chi connectivity index (χ2n) is 10.2. The Balaban J connectivity index is 1.78. The smallest absolute Gasteiger partial charge is 0.461 e. The molecule has 3 aromatic carbocycles. The molecule has 0 aliphatic rings. The van der Waals surface area contributed by atoms with Crippen molar-refractivity contribution in [3.63, 3.8) is 0 Å². The van der Waals surface area contributed by atoms with Crippen LogP contribution in [0.25, 0.3) is 11.4 Å². The lowest BCUT2D eigenvalue weighted by Gasteiger charge is -2.25. The normalized spacial score (nSPS) is 12.2. The summed E-state index contributed by atoms with van der Waals surface area (Å²) in [6.07, 6.45) is -13.2. The lowest BCUT2D eigenvalue weighted by Crippen LogP contribution is -2.33. The summed E-state index contributed by atoms with van der Waals surface area (Å²) in [4.78, 5) is 16.9. The van der Waals surface area contributed by atoms with Crippen molar-refractivity contribution < 1.29 is 45.4 Å². The molecule has 0 bridgehead atoms. The molecule has 0 spiro atoms. The number of nitrogens with zero attached hydrogens (tertiary/aromatic N) is 3. The molecule has 0 atom stereocenters. The van der Waals surface area contributed by atoms with Crippen LogP contribution in [0.5, 0.6) is 5.75 Å². The van der Waals surface area contributed by atoms with Gasteiger partial charge in [-0.3, -0.25) is 8.46 Å². The molecule has 246 valence electrons. The fourth-order valence-corrected chi connectivity index (χ4v) is 5.49. The summed E-state index contributed by atoms with van der Waals surface area (Å²) in [7, 11) is 0. The Kier molecular flexibility index (Phi) is 11.5. The van der Waals surface area contributed by atoms with Gasteiger partial charge in [0.2, 0.25) is 0 Å². The van der Waals surface area contributed by atoms with Crippen LogP contribution in [0.3, 0.4) is 0 Å². The Morgan fingerprint density at radius 2 is 1.61 bits per heavy atom. The van der Waals surface area contributed by atoms with Gasteiger partial charge in [0, 0.05) is 36.2 Å². The summed E-state index contributed by atoms with van der Waals surface area (Å²) >= 11 is -0.864. The fraction of sp³-hybridized carbons (Fsp3) is 0.290. The van der Waals surface area contributed by atoms with Gasteiger partial charge >= 0.3 is 24.7 Å². The molecule has 15 heteroatoms. The fourth-order valence-electron chi connectivity index (χ4n) is 4.76. The van der Waals surface area contributed by atoms with Gasteiger partial charge in [-0.15, -0.1) is 0 Å². The van der Waals surface area contributed by atoms with Crippen molar-refractivity contribution in [3.8, 4) is 17.1 Å². The first-order valence-electron chi connectivity index (χ1n) is 13.7. The molecule has 0 aliphatic carbocycles. The predicted octanol–water partition coefficient (Wildman–Crippen LogP) is 8.83. The number of nitrogens with one attached hydrogen (secondary N) is 1. The lowest BCUT2D eigenvalue weighted by atomic mass is 10.1. The minimum Gasteiger partial charge on any atom is -0.478 e. The molecule has 0 amide bonds. The van der Waals surface area contributed by atoms with Gasteiger partial charge in [-0.1, -0.05) is 54.6 Å². The number of rotatable bonds is 15. The first-order valence-corrected chi connectivity index (χ1v) is 16.3. The molecule has 0 aliphatic heterocycles. The van der Waals surface area contributed by atoms with E-state index < -0.39 is 57.2 Å². The summed E-state index contributed by atoms with van der Waals surface area (Å²) in [6.45, 7) is -0.295. The monoisotopic (exact) mass is 764 g/mol. The third-order valence-corrected chi connectivity index (χ3v) is 8.08. The minimum absolute atomic E-state index is 0.000476. The van der Waals surface area contributed by atoms with Crippen LogP contribution in [-0.2, 0) is 32.4 Å². The van der Waals surface area contributed by atoms with E-state index in [0.717, 1.165) is 12.1 Å². The number of aromatic nitrogens is 2. The van der Waals surface area contributed by atoms with Gasteiger partial charge in [0.25, 0.3) is 0 Å². The quantitative estimate of drug-likeness (QED) is 0.0547. The van der Waals surface area contributed by atoms with E-state index in [-0.39, 0.29) is 48.8 Å². The molecule has 0 saturated carbocycles. The maximum Gasteiger partial charge on any atom is 0.461 e. The predicted molar refractivity (Wildman–Crippen MR) is 163 cm³/mol. The molecular formula is C31H28F7IN4O3. The Morgan fingerprint density at radius 1 is 0.935 bits per heavy atom. The molecular weight excluding hydrogens is 736 g/mol. The minimum atomic E-state index is -4.84. The van der Waals surface area contributed by atoms with Gasteiger partial charge in [-0.2, -0.15) is 30.7 Å². The second kappa shape index (κ2) is 15.2. The van der Waals surface area contributed by atoms with Gasteiger partial charge in [0.1, 0.15) is 11.6 Å². The van der Waals surface area contributed by atoms with E-state index in [1.165, 1.54) is 41.0 Å². The number of imidazole rings is 1. The molecule has 4 aromatic rings. The van der Waals surface area contributed by atoms with Crippen molar-refractivity contribution in [2.45, 2.75) is 51.3 Å². The number of carboxylic acid groups (broad SMARTS) is 1. The molecule has 7 nitrogen and oxygen atoms in total. The van der Waals surface area contributed by atoms with Gasteiger partial charge in [-0.25, -0.2) is 9.78 Å². The zero-order valence-electron chi connectivity index (χ0n) is 24.0. The van der Waals surface area contributed by atoms with Crippen molar-refractivity contribution >= 4 is 27.0 Å². The lowest BCUT2D eigenvalue weighted by molar-refractivity contribution is -0.253. The van der Waals surface area contributed by atoms with Crippen LogP contribution in [0.4, 0.5) is 30.7 Å². The summed E-state index contributed by atoms with van der Waals surface area (Å²) in [5, 5.41) is 9.26. The standard InChI is InChI=1S/C31H28F7IN4O3/c32-29(33)31(37,38)46-24-9-4-6-21(16-24)18-42(17-20-10-12-23(13-11-20)28(44)45)19-25-26(30(34,35)36)41-27(22-7-2-1-3-8-22)43(25)15-5-14-39-40/h1-4,6-13,16,29,40H,5,14-15,17-19H2,(H,44,45). The largest absolute Gasteiger partial charge is 0.478 e. The van der Waals surface area contributed by atoms with Gasteiger partial charge < -0.3 is 14.4 Å². The number of hydrogen-bond acceptors (Lipinski definition) is 5. The van der Waals surface area contributed by atoms with E-state index in [0.29, 0.717) is 22.0 Å². The number of alkyl halides is 8. The zero-order valence-corrected chi connectivity index (χ0v) is 26.1. The zero-order chi connectivity index (χ0) is 33.5. The second-order valence-corrected chi connectivity index (χ2v) is 12.0. The number of carboxylic acids is 1. The number of halogens is 8. The number of benzene rings is 3. The molecule has 0 radical (unpaired) electrons. The highest BCUT2D eigenvalue weighted by Crippen LogP contribution is 2.36. The van der Waals surface area contributed by atoms with E-state index in [9.17, 15) is 40.6 Å². The first-order chi connectivity index (χ1) is 21.8. The van der Waals surface area contributed by atoms with E-state index in [1.54, 1.807) is 35.2 Å². The van der Waals surface area contributed by atoms with Crippen molar-refractivity contribution in [2.75, 3.05) is 4.43 Å². The highest BCUT2D eigenvalue weighted by molar-refractivity contribution is 14.1. The molecule has 0 unspecified atom stereocenters. The van der Waals surface area contributed by atoms with Gasteiger partial charge in [-0.05, 0) is 62.8 Å². The first kappa shape index (κ1) is 35.0. The van der Waals surface area contributed by atoms with Crippen LogP contribution < -0.4 is 4.74 Å². The van der Waals surface area contributed by atoms with Crippen LogP contribution in [-0.4, -0.2) is 42.5 Å². The van der Waals surface area contributed by atoms with Crippen LogP contribution in [0, 0.1) is 3.56 Å². The van der Waals surface area contributed by atoms with Crippen LogP contribution >= 0.6 is 21.0 Å². The summed E-state index contributed by atoms with van der Waals surface area (Å²) in [5.41, 5.74) is 0.0258. The van der Waals surface area contributed by atoms with E-state index >= 15 is 0 Å². The highest BCUT2D eigenvalue weighted by Gasteiger charge is 2.44. The Hall–Kier alpha value is -3.86. The molecule has 0 saturated heterocycles. The van der Waals surface area contributed by atoms with E-state index in [2.05, 4.69) is 9.72 Å². The Bertz CT molecular complexity index is 1630. The molecule has 1 aromatic heterocycles. The Labute approximate surface area is 269 Å². The summed E-state index contributed by atoms with van der Waals surface area (Å²) < 4.78 is 110. The third kappa shape index (κ3) is 9.11. The summed E-state index contributed by atoms with van der Waals surface area (Å²) in [5.74, 6) is -1.62. The molecule has 0 fully saturated rings. The number of aromatic carboxylic acids is 1. The molecule has 2 N–H and O–H groups in total. The highest BCUT2D eigenvalue weighted by atomic mass is 127. The molecule has 1 heterocycles. The molecule has 46 heavy (non-hydrogen) atoms. The SMILES string of the molecule is N=ICCCn1c(-c2ccccc2)nc(C(F)(F)F)c1CN(Cc1ccc(C(=O)O)cc1)Cc1cccc(OC(F)(F)C(F)F)c1. The van der Waals surface area contributed by atoms with Crippen molar-refractivity contribution in [1.82, 2.24) is 14.5 Å². The maximum absolute atomic E-state index is 14.5. The summed E-state index contributed by atoms with van der Waals surface area (Å²) in [6, 6.07) is 19.0. The number of carbonyl (C=O) groups is 1. The van der Waals surface area contributed by atoms with Crippen LogP contribution in [0.1, 0.15) is 39.3 Å². The van der Waals surface area contributed by atoms with E-state index in [1.807, 2.05) is 0 Å². The topological polar surface area (TPSA) is 91.4 Å². The number of hydrogen-bond donors (Lipinski definition) is 2. The number of ether oxygens (including phenoxy) is 1. The van der Waals surface area contributed by atoms with Crippen LogP contribution in [0.2, 0.25) is 0 Å².